The topological polar surface area (TPSA) is 58.3 Å². The Balaban J connectivity index is 0.00000208. The highest BCUT2D eigenvalue weighted by molar-refractivity contribution is 14.0. The molecule has 0 saturated heterocycles. The lowest BCUT2D eigenvalue weighted by atomic mass is 10.0. The third-order valence-electron chi connectivity index (χ3n) is 4.45. The molecule has 1 aromatic carbocycles. The van der Waals surface area contributed by atoms with Gasteiger partial charge in [0.25, 0.3) is 0 Å². The molecule has 2 atom stereocenters. The molecule has 0 radical (unpaired) electrons. The Morgan fingerprint density at radius 3 is 2.79 bits per heavy atom. The normalized spacial score (nSPS) is 19.6. The van der Waals surface area contributed by atoms with Crippen molar-refractivity contribution >= 4 is 29.9 Å². The van der Waals surface area contributed by atoms with Crippen LogP contribution in [0.3, 0.4) is 0 Å². The van der Waals surface area contributed by atoms with E-state index in [1.165, 1.54) is 11.1 Å². The van der Waals surface area contributed by atoms with Crippen molar-refractivity contribution in [1.82, 2.24) is 25.0 Å². The zero-order chi connectivity index (χ0) is 16.4. The first-order valence-electron chi connectivity index (χ1n) is 7.93. The van der Waals surface area contributed by atoms with E-state index in [0.717, 1.165) is 18.2 Å². The molecular weight excluding hydrogens is 415 g/mol. The van der Waals surface area contributed by atoms with Gasteiger partial charge in [-0.1, -0.05) is 24.3 Å². The molecular formula is C17H25IN6. The van der Waals surface area contributed by atoms with E-state index in [4.69, 9.17) is 0 Å². The van der Waals surface area contributed by atoms with Gasteiger partial charge in [0.15, 0.2) is 5.96 Å². The van der Waals surface area contributed by atoms with E-state index in [-0.39, 0.29) is 24.0 Å². The summed E-state index contributed by atoms with van der Waals surface area (Å²) in [6.07, 6.45) is 2.73. The molecule has 1 aliphatic carbocycles. The quantitative estimate of drug-likeness (QED) is 0.451. The predicted molar refractivity (Wildman–Crippen MR) is 107 cm³/mol. The number of benzene rings is 1. The van der Waals surface area contributed by atoms with Crippen LogP contribution in [-0.2, 0) is 13.6 Å². The van der Waals surface area contributed by atoms with Crippen molar-refractivity contribution in [3.63, 3.8) is 0 Å². The van der Waals surface area contributed by atoms with Gasteiger partial charge < -0.3 is 10.2 Å². The van der Waals surface area contributed by atoms with Crippen LogP contribution in [-0.4, -0.2) is 45.8 Å². The first kappa shape index (κ1) is 18.7. The lowest BCUT2D eigenvalue weighted by Gasteiger charge is -2.21. The van der Waals surface area contributed by atoms with Crippen molar-refractivity contribution < 1.29 is 0 Å². The van der Waals surface area contributed by atoms with E-state index in [0.29, 0.717) is 18.5 Å². The summed E-state index contributed by atoms with van der Waals surface area (Å²) in [5, 5.41) is 7.67. The van der Waals surface area contributed by atoms with Crippen LogP contribution in [0.25, 0.3) is 0 Å². The number of guanidine groups is 1. The summed E-state index contributed by atoms with van der Waals surface area (Å²) in [5.41, 5.74) is 2.81. The zero-order valence-corrected chi connectivity index (χ0v) is 16.9. The third kappa shape index (κ3) is 4.06. The van der Waals surface area contributed by atoms with E-state index in [9.17, 15) is 0 Å². The van der Waals surface area contributed by atoms with Crippen LogP contribution in [0.2, 0.25) is 0 Å². The minimum absolute atomic E-state index is 0. The van der Waals surface area contributed by atoms with Crippen LogP contribution in [0.4, 0.5) is 0 Å². The number of rotatable bonds is 4. The van der Waals surface area contributed by atoms with Gasteiger partial charge in [0.05, 0.1) is 6.54 Å². The van der Waals surface area contributed by atoms with Crippen LogP contribution < -0.4 is 5.32 Å². The fraction of sp³-hybridized carbons (Fsp3) is 0.471. The minimum Gasteiger partial charge on any atom is -0.353 e. The summed E-state index contributed by atoms with van der Waals surface area (Å²) in [5.74, 6) is 2.40. The third-order valence-corrected chi connectivity index (χ3v) is 4.45. The van der Waals surface area contributed by atoms with Crippen molar-refractivity contribution in [2.45, 2.75) is 31.8 Å². The van der Waals surface area contributed by atoms with Gasteiger partial charge in [-0.25, -0.2) is 4.98 Å². The average Bonchev–Trinajstić information content (AvgIpc) is 3.19. The van der Waals surface area contributed by atoms with Gasteiger partial charge in [-0.3, -0.25) is 9.67 Å². The van der Waals surface area contributed by atoms with Gasteiger partial charge in [0.1, 0.15) is 12.2 Å². The number of aliphatic imine (C=N–C) groups is 1. The highest BCUT2D eigenvalue weighted by Crippen LogP contribution is 2.42. The van der Waals surface area contributed by atoms with Gasteiger partial charge >= 0.3 is 0 Å². The van der Waals surface area contributed by atoms with Crippen LogP contribution in [0.5, 0.6) is 0 Å². The lowest BCUT2D eigenvalue weighted by molar-refractivity contribution is 0.447. The van der Waals surface area contributed by atoms with Crippen LogP contribution >= 0.6 is 24.0 Å². The minimum atomic E-state index is 0. The molecule has 0 bridgehead atoms. The summed E-state index contributed by atoms with van der Waals surface area (Å²) in [6.45, 7) is 2.86. The first-order valence-corrected chi connectivity index (χ1v) is 7.93. The van der Waals surface area contributed by atoms with Crippen molar-refractivity contribution in [3.8, 4) is 0 Å². The van der Waals surface area contributed by atoms with Crippen molar-refractivity contribution in [3.05, 3.63) is 47.5 Å². The standard InChI is InChI=1S/C17H24N6.HI/c1-12-7-5-6-8-13(12)14-9-15(14)21-17(18-2)22(3)10-16-19-11-20-23(16)4;/h5-8,11,14-15H,9-10H2,1-4H3,(H,18,21);1H. The molecule has 2 aromatic rings. The Bertz CT molecular complexity index is 711. The number of aromatic nitrogens is 3. The molecule has 0 spiro atoms. The summed E-state index contributed by atoms with van der Waals surface area (Å²) in [6, 6.07) is 9.08. The molecule has 1 heterocycles. The Labute approximate surface area is 160 Å². The second kappa shape index (κ2) is 7.96. The summed E-state index contributed by atoms with van der Waals surface area (Å²) >= 11 is 0. The first-order chi connectivity index (χ1) is 11.1. The van der Waals surface area contributed by atoms with Crippen molar-refractivity contribution in [2.24, 2.45) is 12.0 Å². The maximum Gasteiger partial charge on any atom is 0.194 e. The molecule has 0 aliphatic heterocycles. The van der Waals surface area contributed by atoms with Gasteiger partial charge in [0.2, 0.25) is 0 Å². The van der Waals surface area contributed by atoms with Crippen molar-refractivity contribution in [2.75, 3.05) is 14.1 Å². The SMILES string of the molecule is CN=C(NC1CC1c1ccccc1C)N(C)Cc1ncnn1C.I. The van der Waals surface area contributed by atoms with E-state index >= 15 is 0 Å². The van der Waals surface area contributed by atoms with Crippen LogP contribution in [0.1, 0.15) is 29.3 Å². The summed E-state index contributed by atoms with van der Waals surface area (Å²) < 4.78 is 1.79. The van der Waals surface area contributed by atoms with Gasteiger partial charge in [0, 0.05) is 33.1 Å². The van der Waals surface area contributed by atoms with E-state index in [2.05, 4.69) is 56.5 Å². The van der Waals surface area contributed by atoms with Gasteiger partial charge in [-0.2, -0.15) is 5.10 Å². The van der Waals surface area contributed by atoms with E-state index < -0.39 is 0 Å². The van der Waals surface area contributed by atoms with E-state index in [1.807, 2.05) is 21.1 Å². The second-order valence-electron chi connectivity index (χ2n) is 6.15. The molecule has 1 aromatic heterocycles. The van der Waals surface area contributed by atoms with E-state index in [1.54, 1.807) is 11.0 Å². The number of nitrogens with one attached hydrogen (secondary N) is 1. The highest BCUT2D eigenvalue weighted by Gasteiger charge is 2.40. The molecule has 1 fully saturated rings. The van der Waals surface area contributed by atoms with Crippen LogP contribution in [0.15, 0.2) is 35.6 Å². The van der Waals surface area contributed by atoms with Gasteiger partial charge in [-0.05, 0) is 24.5 Å². The van der Waals surface area contributed by atoms with Crippen LogP contribution in [0, 0.1) is 6.92 Å². The molecule has 24 heavy (non-hydrogen) atoms. The number of aryl methyl sites for hydroxylation is 2. The Hall–Kier alpha value is -1.64. The maximum atomic E-state index is 4.40. The smallest absolute Gasteiger partial charge is 0.194 e. The van der Waals surface area contributed by atoms with Crippen molar-refractivity contribution in [1.29, 1.82) is 0 Å². The number of hydrogen-bond donors (Lipinski definition) is 1. The predicted octanol–water partition coefficient (Wildman–Crippen LogP) is 2.30. The van der Waals surface area contributed by atoms with Gasteiger partial charge in [-0.15, -0.1) is 24.0 Å². The highest BCUT2D eigenvalue weighted by atomic mass is 127. The molecule has 1 aliphatic rings. The second-order valence-corrected chi connectivity index (χ2v) is 6.15. The molecule has 130 valence electrons. The molecule has 1 saturated carbocycles. The zero-order valence-electron chi connectivity index (χ0n) is 14.6. The fourth-order valence-electron chi connectivity index (χ4n) is 2.96. The fourth-order valence-corrected chi connectivity index (χ4v) is 2.96. The molecule has 0 amide bonds. The molecule has 1 N–H and O–H groups in total. The lowest BCUT2D eigenvalue weighted by Crippen LogP contribution is -2.40. The molecule has 2 unspecified atom stereocenters. The number of hydrogen-bond acceptors (Lipinski definition) is 3. The summed E-state index contributed by atoms with van der Waals surface area (Å²) in [7, 11) is 5.75. The Morgan fingerprint density at radius 1 is 1.42 bits per heavy atom. The summed E-state index contributed by atoms with van der Waals surface area (Å²) in [4.78, 5) is 10.8. The number of nitrogens with zero attached hydrogens (tertiary/aromatic N) is 5. The largest absolute Gasteiger partial charge is 0.353 e. The maximum absolute atomic E-state index is 4.40. The average molecular weight is 440 g/mol. The Kier molecular flexibility index (Phi) is 6.20. The molecule has 6 nitrogen and oxygen atoms in total. The molecule has 3 rings (SSSR count). The molecule has 7 heteroatoms. The number of halogens is 1. The monoisotopic (exact) mass is 440 g/mol. The Morgan fingerprint density at radius 2 is 2.17 bits per heavy atom.